The molecule has 5 nitrogen and oxygen atoms in total. The van der Waals surface area contributed by atoms with Crippen molar-refractivity contribution < 1.29 is 23.8 Å². The first kappa shape index (κ1) is 21.0. The molecule has 1 aliphatic rings. The average molecular weight is 399 g/mol. The minimum absolute atomic E-state index is 0.0223. The van der Waals surface area contributed by atoms with E-state index in [1.165, 1.54) is 12.1 Å². The zero-order valence-corrected chi connectivity index (χ0v) is 16.5. The second kappa shape index (κ2) is 8.74. The molecule has 0 aromatic heterocycles. The molecule has 1 atom stereocenters. The molecule has 1 amide bonds. The van der Waals surface area contributed by atoms with Crippen molar-refractivity contribution in [3.8, 4) is 0 Å². The molecule has 2 aromatic rings. The number of halogens is 1. The van der Waals surface area contributed by atoms with E-state index in [0.29, 0.717) is 38.0 Å². The fraction of sp³-hybridized carbons (Fsp3) is 0.391. The molecule has 2 N–H and O–H groups in total. The maximum atomic E-state index is 13.4. The average Bonchev–Trinajstić information content (AvgIpc) is 2.76. The monoisotopic (exact) mass is 399 g/mol. The summed E-state index contributed by atoms with van der Waals surface area (Å²) in [4.78, 5) is 25.6. The summed E-state index contributed by atoms with van der Waals surface area (Å²) in [6.45, 7) is 2.62. The van der Waals surface area contributed by atoms with Gasteiger partial charge in [-0.1, -0.05) is 49.4 Å². The first-order chi connectivity index (χ1) is 13.9. The summed E-state index contributed by atoms with van der Waals surface area (Å²) in [5.74, 6) is -1.59. The third-order valence-corrected chi connectivity index (χ3v) is 6.07. The van der Waals surface area contributed by atoms with Gasteiger partial charge in [-0.25, -0.2) is 4.39 Å². The fourth-order valence-corrected chi connectivity index (χ4v) is 4.07. The van der Waals surface area contributed by atoms with Crippen molar-refractivity contribution in [2.24, 2.45) is 0 Å². The predicted molar refractivity (Wildman–Crippen MR) is 107 cm³/mol. The van der Waals surface area contributed by atoms with E-state index < -0.39 is 16.8 Å². The normalized spacial score (nSPS) is 17.9. The molecule has 0 spiro atoms. The molecule has 1 saturated heterocycles. The van der Waals surface area contributed by atoms with Crippen LogP contribution in [-0.4, -0.2) is 36.7 Å². The number of carboxylic acid groups (broad SMARTS) is 1. The van der Waals surface area contributed by atoms with Gasteiger partial charge in [0.05, 0.1) is 5.41 Å². The number of ether oxygens (including phenoxy) is 1. The summed E-state index contributed by atoms with van der Waals surface area (Å²) >= 11 is 0. The van der Waals surface area contributed by atoms with E-state index in [4.69, 9.17) is 4.74 Å². The van der Waals surface area contributed by atoms with Crippen molar-refractivity contribution in [3.05, 3.63) is 71.5 Å². The van der Waals surface area contributed by atoms with Crippen LogP contribution in [0.4, 0.5) is 4.39 Å². The number of nitrogens with one attached hydrogen (secondary N) is 1. The Morgan fingerprint density at radius 3 is 2.28 bits per heavy atom. The molecule has 29 heavy (non-hydrogen) atoms. The van der Waals surface area contributed by atoms with E-state index in [1.54, 1.807) is 43.3 Å². The number of carboxylic acids is 1. The van der Waals surface area contributed by atoms with Crippen molar-refractivity contribution in [3.63, 3.8) is 0 Å². The van der Waals surface area contributed by atoms with Crippen LogP contribution in [0.3, 0.4) is 0 Å². The molecule has 3 rings (SSSR count). The minimum Gasteiger partial charge on any atom is -0.481 e. The smallest absolute Gasteiger partial charge is 0.315 e. The number of aliphatic carboxylic acids is 1. The van der Waals surface area contributed by atoms with Gasteiger partial charge < -0.3 is 15.2 Å². The van der Waals surface area contributed by atoms with Crippen LogP contribution >= 0.6 is 0 Å². The van der Waals surface area contributed by atoms with Crippen molar-refractivity contribution in [1.82, 2.24) is 5.32 Å². The molecule has 1 aliphatic heterocycles. The highest BCUT2D eigenvalue weighted by molar-refractivity contribution is 5.90. The zero-order chi connectivity index (χ0) is 20.9. The first-order valence-electron chi connectivity index (χ1n) is 9.86. The summed E-state index contributed by atoms with van der Waals surface area (Å²) in [5.41, 5.74) is -0.706. The predicted octanol–water partition coefficient (Wildman–Crippen LogP) is 3.42. The van der Waals surface area contributed by atoms with Gasteiger partial charge in [-0.2, -0.15) is 0 Å². The van der Waals surface area contributed by atoms with Gasteiger partial charge in [0, 0.05) is 19.8 Å². The van der Waals surface area contributed by atoms with Gasteiger partial charge in [-0.15, -0.1) is 0 Å². The molecule has 154 valence electrons. The lowest BCUT2D eigenvalue weighted by Crippen LogP contribution is -2.53. The molecule has 1 fully saturated rings. The van der Waals surface area contributed by atoms with Crippen molar-refractivity contribution in [2.45, 2.75) is 37.0 Å². The lowest BCUT2D eigenvalue weighted by atomic mass is 9.72. The van der Waals surface area contributed by atoms with Gasteiger partial charge in [0.25, 0.3) is 0 Å². The first-order valence-corrected chi connectivity index (χ1v) is 9.86. The summed E-state index contributed by atoms with van der Waals surface area (Å²) in [6.07, 6.45) is 1.25. The Labute approximate surface area is 169 Å². The van der Waals surface area contributed by atoms with Gasteiger partial charge >= 0.3 is 5.97 Å². The molecular formula is C23H26FNO4. The number of carbonyl (C=O) groups excluding carboxylic acids is 1. The molecule has 0 aliphatic carbocycles. The Morgan fingerprint density at radius 1 is 1.10 bits per heavy atom. The number of hydrogen-bond acceptors (Lipinski definition) is 3. The molecular weight excluding hydrogens is 373 g/mol. The SMILES string of the molecule is CCC(CNC(=O)C1(c2ccc(F)cc2)CCOCC1)(C(=O)O)c1ccccc1. The third-order valence-electron chi connectivity index (χ3n) is 6.07. The quantitative estimate of drug-likeness (QED) is 0.748. The van der Waals surface area contributed by atoms with E-state index in [0.717, 1.165) is 5.56 Å². The topological polar surface area (TPSA) is 75.6 Å². The second-order valence-corrected chi connectivity index (χ2v) is 7.49. The summed E-state index contributed by atoms with van der Waals surface area (Å²) in [6, 6.07) is 14.9. The van der Waals surface area contributed by atoms with Crippen LogP contribution in [0.2, 0.25) is 0 Å². The highest BCUT2D eigenvalue weighted by Crippen LogP contribution is 2.36. The molecule has 2 aromatic carbocycles. The molecule has 0 radical (unpaired) electrons. The largest absolute Gasteiger partial charge is 0.481 e. The Bertz CT molecular complexity index is 847. The maximum Gasteiger partial charge on any atom is 0.315 e. The van der Waals surface area contributed by atoms with E-state index in [1.807, 2.05) is 6.07 Å². The van der Waals surface area contributed by atoms with E-state index in [-0.39, 0.29) is 18.3 Å². The zero-order valence-electron chi connectivity index (χ0n) is 16.5. The van der Waals surface area contributed by atoms with Crippen LogP contribution in [0, 0.1) is 5.82 Å². The van der Waals surface area contributed by atoms with Crippen LogP contribution in [0.15, 0.2) is 54.6 Å². The van der Waals surface area contributed by atoms with Crippen LogP contribution in [-0.2, 0) is 25.2 Å². The second-order valence-electron chi connectivity index (χ2n) is 7.49. The van der Waals surface area contributed by atoms with Crippen LogP contribution < -0.4 is 5.32 Å². The summed E-state index contributed by atoms with van der Waals surface area (Å²) < 4.78 is 18.9. The molecule has 1 unspecified atom stereocenters. The fourth-order valence-electron chi connectivity index (χ4n) is 4.07. The standard InChI is InChI=1S/C23H26FNO4/c1-2-22(21(27)28,17-6-4-3-5-7-17)16-25-20(26)23(12-14-29-15-13-23)18-8-10-19(24)11-9-18/h3-11H,2,12-16H2,1H3,(H,25,26)(H,27,28). The number of amides is 1. The highest BCUT2D eigenvalue weighted by atomic mass is 19.1. The van der Waals surface area contributed by atoms with E-state index in [2.05, 4.69) is 5.32 Å². The molecule has 0 bridgehead atoms. The Kier molecular flexibility index (Phi) is 6.33. The molecule has 6 heteroatoms. The minimum atomic E-state index is -1.22. The van der Waals surface area contributed by atoms with Crippen LogP contribution in [0.1, 0.15) is 37.3 Å². The lowest BCUT2D eigenvalue weighted by molar-refractivity contribution is -0.144. The number of rotatable bonds is 7. The third kappa shape index (κ3) is 4.03. The van der Waals surface area contributed by atoms with E-state index >= 15 is 0 Å². The summed E-state index contributed by atoms with van der Waals surface area (Å²) in [5, 5.41) is 12.9. The Hall–Kier alpha value is -2.73. The van der Waals surface area contributed by atoms with Gasteiger partial charge in [0.1, 0.15) is 11.2 Å². The van der Waals surface area contributed by atoms with Gasteiger partial charge in [0.15, 0.2) is 0 Å². The maximum absolute atomic E-state index is 13.4. The summed E-state index contributed by atoms with van der Waals surface area (Å²) in [7, 11) is 0. The van der Waals surface area contributed by atoms with Crippen LogP contribution in [0.5, 0.6) is 0 Å². The van der Waals surface area contributed by atoms with Crippen LogP contribution in [0.25, 0.3) is 0 Å². The molecule has 0 saturated carbocycles. The van der Waals surface area contributed by atoms with Gasteiger partial charge in [-0.05, 0) is 42.5 Å². The van der Waals surface area contributed by atoms with Crippen molar-refractivity contribution in [2.75, 3.05) is 19.8 Å². The lowest BCUT2D eigenvalue weighted by Gasteiger charge is -2.38. The number of benzene rings is 2. The highest BCUT2D eigenvalue weighted by Gasteiger charge is 2.44. The Morgan fingerprint density at radius 2 is 1.72 bits per heavy atom. The van der Waals surface area contributed by atoms with Gasteiger partial charge in [0.2, 0.25) is 5.91 Å². The molecule has 1 heterocycles. The number of hydrogen-bond donors (Lipinski definition) is 2. The van der Waals surface area contributed by atoms with E-state index in [9.17, 15) is 19.1 Å². The van der Waals surface area contributed by atoms with Gasteiger partial charge in [-0.3, -0.25) is 9.59 Å². The number of carbonyl (C=O) groups is 2. The van der Waals surface area contributed by atoms with Crippen molar-refractivity contribution >= 4 is 11.9 Å². The van der Waals surface area contributed by atoms with Crippen molar-refractivity contribution in [1.29, 1.82) is 0 Å². The Balaban J connectivity index is 1.89.